The van der Waals surface area contributed by atoms with Crippen LogP contribution in [0.5, 0.6) is 0 Å². The van der Waals surface area contributed by atoms with Crippen LogP contribution in [0.25, 0.3) is 0 Å². The zero-order chi connectivity index (χ0) is 21.4. The molecule has 1 unspecified atom stereocenters. The molecule has 3 heterocycles. The molecule has 1 aromatic rings. The monoisotopic (exact) mass is 469 g/mol. The van der Waals surface area contributed by atoms with Crippen molar-refractivity contribution in [1.29, 1.82) is 0 Å². The Morgan fingerprint density at radius 3 is 3.00 bits per heavy atom. The van der Waals surface area contributed by atoms with Gasteiger partial charge in [-0.2, -0.15) is 0 Å². The number of hydrogen-bond donors (Lipinski definition) is 3. The molecule has 1 aliphatic carbocycles. The first-order valence-corrected chi connectivity index (χ1v) is 11.7. The summed E-state index contributed by atoms with van der Waals surface area (Å²) in [5, 5.41) is 27.2. The maximum absolute atomic E-state index is 12.8. The van der Waals surface area contributed by atoms with Crippen LogP contribution >= 0.6 is 35.7 Å². The average molecular weight is 470 g/mol. The topological polar surface area (TPSA) is 142 Å². The number of thiocarbonyl (C=S) groups is 1. The van der Waals surface area contributed by atoms with Gasteiger partial charge in [0.15, 0.2) is 0 Å². The maximum atomic E-state index is 12.8. The van der Waals surface area contributed by atoms with Crippen molar-refractivity contribution in [3.63, 3.8) is 0 Å². The fourth-order valence-corrected chi connectivity index (χ4v) is 6.27. The van der Waals surface area contributed by atoms with E-state index in [1.165, 1.54) is 28.4 Å². The number of aromatic nitrogens is 4. The summed E-state index contributed by atoms with van der Waals surface area (Å²) < 4.78 is 1.63. The minimum absolute atomic E-state index is 0.00514. The standard InChI is InChI=1S/C16H19N7O4S3/c1-2-22-16(19-20-21-22)30-5-7-4-29-14-10(13(25)23(14)11(7)15(26)27)18-12(28)8-3-9(8)17-6-24/h6,8-10,14H,2-5H2,1H3,(H,17,24)(H,18,28)(H,26,27)/t8-,9+,10?,14-/m0/s1. The van der Waals surface area contributed by atoms with Crippen molar-refractivity contribution in [3.8, 4) is 0 Å². The molecule has 2 amide bonds. The Bertz CT molecular complexity index is 936. The number of tetrazole rings is 1. The molecule has 0 radical (unpaired) electrons. The molecule has 0 spiro atoms. The third-order valence-electron chi connectivity index (χ3n) is 5.13. The molecule has 1 aromatic heterocycles. The number of aryl methyl sites for hydroxylation is 1. The van der Waals surface area contributed by atoms with Gasteiger partial charge in [-0.05, 0) is 29.3 Å². The zero-order valence-electron chi connectivity index (χ0n) is 15.8. The van der Waals surface area contributed by atoms with Gasteiger partial charge in [0, 0.05) is 30.0 Å². The summed E-state index contributed by atoms with van der Waals surface area (Å²) in [4.78, 5) is 37.1. The molecule has 160 valence electrons. The Hall–Kier alpha value is -2.19. The lowest BCUT2D eigenvalue weighted by Crippen LogP contribution is -2.70. The summed E-state index contributed by atoms with van der Waals surface area (Å²) in [6.45, 7) is 2.53. The number of β-lactam (4-membered cyclic amide) rings is 1. The fraction of sp³-hybridized carbons (Fsp3) is 0.562. The Morgan fingerprint density at radius 2 is 2.30 bits per heavy atom. The van der Waals surface area contributed by atoms with Crippen molar-refractivity contribution in [3.05, 3.63) is 11.3 Å². The molecule has 1 saturated heterocycles. The Balaban J connectivity index is 1.43. The van der Waals surface area contributed by atoms with Crippen molar-refractivity contribution in [2.45, 2.75) is 42.5 Å². The van der Waals surface area contributed by atoms with E-state index in [-0.39, 0.29) is 28.9 Å². The summed E-state index contributed by atoms with van der Waals surface area (Å²) in [5.74, 6) is -0.554. The highest BCUT2D eigenvalue weighted by Gasteiger charge is 2.55. The molecule has 0 bridgehead atoms. The third kappa shape index (κ3) is 3.78. The minimum atomic E-state index is -1.13. The van der Waals surface area contributed by atoms with Crippen LogP contribution in [-0.4, -0.2) is 82.5 Å². The van der Waals surface area contributed by atoms with E-state index in [4.69, 9.17) is 12.2 Å². The van der Waals surface area contributed by atoms with Crippen LogP contribution in [0.15, 0.2) is 16.4 Å². The van der Waals surface area contributed by atoms with Crippen LogP contribution in [-0.2, 0) is 20.9 Å². The largest absolute Gasteiger partial charge is 0.477 e. The molecule has 2 fully saturated rings. The number of carboxylic acids is 1. The quantitative estimate of drug-likeness (QED) is 0.186. The molecule has 1 saturated carbocycles. The van der Waals surface area contributed by atoms with Gasteiger partial charge in [-0.25, -0.2) is 9.48 Å². The number of hydrogen-bond acceptors (Lipinski definition) is 9. The third-order valence-corrected chi connectivity index (χ3v) is 7.93. The first-order chi connectivity index (χ1) is 14.5. The lowest BCUT2D eigenvalue weighted by Gasteiger charge is -2.49. The molecule has 30 heavy (non-hydrogen) atoms. The lowest BCUT2D eigenvalue weighted by atomic mass is 10.0. The van der Waals surface area contributed by atoms with Gasteiger partial charge >= 0.3 is 5.97 Å². The van der Waals surface area contributed by atoms with E-state index in [0.717, 1.165) is 6.42 Å². The molecule has 3 N–H and O–H groups in total. The van der Waals surface area contributed by atoms with Crippen molar-refractivity contribution >= 4 is 59.0 Å². The number of fused-ring (bicyclic) bond motifs is 1. The van der Waals surface area contributed by atoms with Crippen LogP contribution in [0.3, 0.4) is 0 Å². The molecule has 0 aromatic carbocycles. The van der Waals surface area contributed by atoms with E-state index < -0.39 is 12.0 Å². The van der Waals surface area contributed by atoms with E-state index in [9.17, 15) is 19.5 Å². The normalized spacial score (nSPS) is 27.2. The van der Waals surface area contributed by atoms with Crippen molar-refractivity contribution in [2.24, 2.45) is 5.92 Å². The smallest absolute Gasteiger partial charge is 0.352 e. The van der Waals surface area contributed by atoms with Gasteiger partial charge in [-0.1, -0.05) is 24.0 Å². The predicted octanol–water partition coefficient (Wildman–Crippen LogP) is -0.541. The summed E-state index contributed by atoms with van der Waals surface area (Å²) >= 11 is 8.22. The van der Waals surface area contributed by atoms with Crippen LogP contribution < -0.4 is 10.6 Å². The van der Waals surface area contributed by atoms with E-state index in [1.807, 2.05) is 6.92 Å². The van der Waals surface area contributed by atoms with Gasteiger partial charge in [-0.15, -0.1) is 16.9 Å². The van der Waals surface area contributed by atoms with E-state index in [2.05, 4.69) is 26.2 Å². The average Bonchev–Trinajstić information content (AvgIpc) is 3.35. The fourth-order valence-electron chi connectivity index (χ4n) is 3.46. The summed E-state index contributed by atoms with van der Waals surface area (Å²) in [6, 6.07) is -0.554. The first kappa shape index (κ1) is 21.1. The van der Waals surface area contributed by atoms with Gasteiger partial charge in [0.25, 0.3) is 5.91 Å². The highest BCUT2D eigenvalue weighted by molar-refractivity contribution is 8.01. The zero-order valence-corrected chi connectivity index (χ0v) is 18.3. The first-order valence-electron chi connectivity index (χ1n) is 9.25. The molecule has 3 aliphatic rings. The van der Waals surface area contributed by atoms with Crippen LogP contribution in [0.1, 0.15) is 13.3 Å². The summed E-state index contributed by atoms with van der Waals surface area (Å²) in [6.07, 6.45) is 1.38. The number of nitrogens with zero attached hydrogens (tertiary/aromatic N) is 5. The van der Waals surface area contributed by atoms with E-state index >= 15 is 0 Å². The minimum Gasteiger partial charge on any atom is -0.477 e. The maximum Gasteiger partial charge on any atom is 0.352 e. The highest BCUT2D eigenvalue weighted by atomic mass is 32.2. The highest BCUT2D eigenvalue weighted by Crippen LogP contribution is 2.42. The number of amides is 2. The number of thioether (sulfide) groups is 2. The Morgan fingerprint density at radius 1 is 1.50 bits per heavy atom. The van der Waals surface area contributed by atoms with Gasteiger partial charge in [0.05, 0.1) is 4.99 Å². The van der Waals surface area contributed by atoms with Crippen LogP contribution in [0.2, 0.25) is 0 Å². The Kier molecular flexibility index (Phi) is 5.97. The van der Waals surface area contributed by atoms with E-state index in [0.29, 0.717) is 40.2 Å². The van der Waals surface area contributed by atoms with Crippen molar-refractivity contribution < 1.29 is 19.5 Å². The molecule has 2 aliphatic heterocycles. The second-order valence-electron chi connectivity index (χ2n) is 6.95. The number of carbonyl (C=O) groups excluding carboxylic acids is 2. The molecule has 4 atom stereocenters. The van der Waals surface area contributed by atoms with Gasteiger partial charge in [0.2, 0.25) is 11.6 Å². The molecule has 4 rings (SSSR count). The van der Waals surface area contributed by atoms with Gasteiger partial charge in [-0.3, -0.25) is 14.5 Å². The summed E-state index contributed by atoms with van der Waals surface area (Å²) in [5.41, 5.74) is 0.689. The number of carbonyl (C=O) groups is 3. The number of nitrogens with one attached hydrogen (secondary N) is 2. The Labute approximate surface area is 185 Å². The van der Waals surface area contributed by atoms with Crippen molar-refractivity contribution in [1.82, 2.24) is 35.7 Å². The van der Waals surface area contributed by atoms with Gasteiger partial charge in [0.1, 0.15) is 17.1 Å². The SMILES string of the molecule is CCn1nnnc1SCC1=C(C(=O)O)N2C(=O)C(NC(=S)[C@H]3C[C@H]3NC=O)[C@@H]2SC1. The van der Waals surface area contributed by atoms with Gasteiger partial charge < -0.3 is 15.7 Å². The second kappa shape index (κ2) is 8.51. The number of carboxylic acid groups (broad SMARTS) is 1. The second-order valence-corrected chi connectivity index (χ2v) is 9.44. The van der Waals surface area contributed by atoms with E-state index in [1.54, 1.807) is 4.68 Å². The molecular weight excluding hydrogens is 450 g/mol. The molecular formula is C16H19N7O4S3. The predicted molar refractivity (Wildman–Crippen MR) is 113 cm³/mol. The molecule has 11 nitrogen and oxygen atoms in total. The van der Waals surface area contributed by atoms with Crippen LogP contribution in [0.4, 0.5) is 0 Å². The summed E-state index contributed by atoms with van der Waals surface area (Å²) in [7, 11) is 0. The lowest BCUT2D eigenvalue weighted by molar-refractivity contribution is -0.148. The van der Waals surface area contributed by atoms with Crippen LogP contribution in [0, 0.1) is 5.92 Å². The molecule has 14 heteroatoms. The van der Waals surface area contributed by atoms with Crippen molar-refractivity contribution in [2.75, 3.05) is 11.5 Å². The number of aliphatic carboxylic acids is 1. The number of rotatable bonds is 9.